The summed E-state index contributed by atoms with van der Waals surface area (Å²) >= 11 is 1.32. The van der Waals surface area contributed by atoms with Crippen molar-refractivity contribution >= 4 is 17.7 Å². The molecule has 2 heterocycles. The van der Waals surface area contributed by atoms with Crippen LogP contribution in [0.4, 0.5) is 0 Å². The molecule has 0 aliphatic heterocycles. The van der Waals surface area contributed by atoms with Crippen molar-refractivity contribution in [1.82, 2.24) is 15.0 Å². The van der Waals surface area contributed by atoms with E-state index in [0.717, 1.165) is 4.90 Å². The molecule has 2 rings (SSSR count). The number of aromatic carboxylic acids is 1. The van der Waals surface area contributed by atoms with Crippen LogP contribution in [0, 0.1) is 0 Å². The molecular formula is C13H13N3O2S. The number of carbonyl (C=O) groups is 1. The van der Waals surface area contributed by atoms with E-state index in [9.17, 15) is 9.90 Å². The van der Waals surface area contributed by atoms with E-state index in [2.05, 4.69) is 15.0 Å². The Hall–Kier alpha value is -1.95. The van der Waals surface area contributed by atoms with Gasteiger partial charge < -0.3 is 5.11 Å². The van der Waals surface area contributed by atoms with Gasteiger partial charge in [-0.05, 0) is 12.1 Å². The summed E-state index contributed by atoms with van der Waals surface area (Å²) in [5.41, 5.74) is 0.0421. The number of pyridine rings is 1. The lowest BCUT2D eigenvalue weighted by Gasteiger charge is -2.08. The smallest absolute Gasteiger partial charge is 0.355 e. The largest absolute Gasteiger partial charge is 0.476 e. The highest BCUT2D eigenvalue weighted by molar-refractivity contribution is 7.99. The zero-order chi connectivity index (χ0) is 13.8. The van der Waals surface area contributed by atoms with E-state index in [1.807, 2.05) is 26.0 Å². The van der Waals surface area contributed by atoms with Crippen molar-refractivity contribution in [3.8, 4) is 0 Å². The standard InChI is InChI=1S/C13H13N3O2S/c1-8(2)12-15-7-10(11(16-12)13(17)18)19-9-3-5-14-6-4-9/h3-8H,1-2H3,(H,17,18). The van der Waals surface area contributed by atoms with E-state index < -0.39 is 5.97 Å². The van der Waals surface area contributed by atoms with E-state index in [1.165, 1.54) is 11.8 Å². The average molecular weight is 275 g/mol. The van der Waals surface area contributed by atoms with Crippen molar-refractivity contribution in [2.45, 2.75) is 29.6 Å². The second-order valence-electron chi connectivity index (χ2n) is 4.19. The molecule has 0 atom stereocenters. The lowest BCUT2D eigenvalue weighted by atomic mass is 10.2. The monoisotopic (exact) mass is 275 g/mol. The number of aromatic nitrogens is 3. The Bertz CT molecular complexity index is 588. The van der Waals surface area contributed by atoms with Crippen molar-refractivity contribution in [3.05, 3.63) is 42.2 Å². The molecule has 19 heavy (non-hydrogen) atoms. The average Bonchev–Trinajstić information content (AvgIpc) is 2.39. The molecule has 6 heteroatoms. The number of rotatable bonds is 4. The first-order valence-electron chi connectivity index (χ1n) is 5.76. The number of nitrogens with zero attached hydrogens (tertiary/aromatic N) is 3. The van der Waals surface area contributed by atoms with Crippen molar-refractivity contribution in [3.63, 3.8) is 0 Å². The molecule has 0 saturated heterocycles. The van der Waals surface area contributed by atoms with Gasteiger partial charge in [0.15, 0.2) is 5.69 Å². The SMILES string of the molecule is CC(C)c1ncc(Sc2ccncc2)c(C(=O)O)n1. The summed E-state index contributed by atoms with van der Waals surface area (Å²) in [4.78, 5) is 25.0. The zero-order valence-electron chi connectivity index (χ0n) is 10.6. The first-order valence-corrected chi connectivity index (χ1v) is 6.57. The Balaban J connectivity index is 2.37. The number of carboxylic acid groups (broad SMARTS) is 1. The first-order chi connectivity index (χ1) is 9.08. The van der Waals surface area contributed by atoms with Crippen LogP contribution in [0.2, 0.25) is 0 Å². The summed E-state index contributed by atoms with van der Waals surface area (Å²) in [7, 11) is 0. The minimum atomic E-state index is -1.04. The molecule has 5 nitrogen and oxygen atoms in total. The number of hydrogen-bond acceptors (Lipinski definition) is 5. The van der Waals surface area contributed by atoms with Crippen LogP contribution in [0.1, 0.15) is 36.1 Å². The van der Waals surface area contributed by atoms with Crippen LogP contribution in [-0.2, 0) is 0 Å². The van der Waals surface area contributed by atoms with Crippen LogP contribution in [0.3, 0.4) is 0 Å². The van der Waals surface area contributed by atoms with E-state index in [-0.39, 0.29) is 11.6 Å². The van der Waals surface area contributed by atoms with Gasteiger partial charge in [0.05, 0.1) is 4.90 Å². The van der Waals surface area contributed by atoms with Crippen LogP contribution < -0.4 is 0 Å². The molecular weight excluding hydrogens is 262 g/mol. The Morgan fingerprint density at radius 3 is 2.58 bits per heavy atom. The van der Waals surface area contributed by atoms with Crippen LogP contribution in [-0.4, -0.2) is 26.0 Å². The number of hydrogen-bond donors (Lipinski definition) is 1. The summed E-state index contributed by atoms with van der Waals surface area (Å²) in [5, 5.41) is 9.23. The Kier molecular flexibility index (Phi) is 4.11. The van der Waals surface area contributed by atoms with Gasteiger partial charge in [0.1, 0.15) is 5.82 Å². The molecule has 0 amide bonds. The molecule has 0 fully saturated rings. The second kappa shape index (κ2) is 5.79. The van der Waals surface area contributed by atoms with E-state index in [4.69, 9.17) is 0 Å². The van der Waals surface area contributed by atoms with Gasteiger partial charge in [0.2, 0.25) is 0 Å². The maximum Gasteiger partial charge on any atom is 0.355 e. The van der Waals surface area contributed by atoms with Crippen LogP contribution in [0.15, 0.2) is 40.5 Å². The summed E-state index contributed by atoms with van der Waals surface area (Å²) in [6.45, 7) is 3.85. The molecule has 0 spiro atoms. The molecule has 0 radical (unpaired) electrons. The molecule has 2 aromatic rings. The summed E-state index contributed by atoms with van der Waals surface area (Å²) in [5.74, 6) is -0.407. The maximum atomic E-state index is 11.3. The lowest BCUT2D eigenvalue weighted by Crippen LogP contribution is -2.08. The third kappa shape index (κ3) is 3.29. The second-order valence-corrected chi connectivity index (χ2v) is 5.30. The minimum Gasteiger partial charge on any atom is -0.476 e. The third-order valence-electron chi connectivity index (χ3n) is 2.37. The predicted octanol–water partition coefficient (Wildman–Crippen LogP) is 2.84. The van der Waals surface area contributed by atoms with Gasteiger partial charge in [-0.25, -0.2) is 14.8 Å². The van der Waals surface area contributed by atoms with Gasteiger partial charge in [-0.3, -0.25) is 4.98 Å². The topological polar surface area (TPSA) is 76.0 Å². The van der Waals surface area contributed by atoms with Crippen LogP contribution in [0.25, 0.3) is 0 Å². The van der Waals surface area contributed by atoms with Gasteiger partial charge in [0.25, 0.3) is 0 Å². The Labute approximate surface area is 115 Å². The number of carboxylic acids is 1. The van der Waals surface area contributed by atoms with E-state index in [0.29, 0.717) is 10.7 Å². The summed E-state index contributed by atoms with van der Waals surface area (Å²) in [6, 6.07) is 3.62. The minimum absolute atomic E-state index is 0.0421. The highest BCUT2D eigenvalue weighted by Gasteiger charge is 2.16. The fourth-order valence-corrected chi connectivity index (χ4v) is 2.27. The molecule has 0 saturated carbocycles. The highest BCUT2D eigenvalue weighted by Crippen LogP contribution is 2.29. The third-order valence-corrected chi connectivity index (χ3v) is 3.40. The lowest BCUT2D eigenvalue weighted by molar-refractivity contribution is 0.0685. The van der Waals surface area contributed by atoms with Crippen molar-refractivity contribution in [2.75, 3.05) is 0 Å². The summed E-state index contributed by atoms with van der Waals surface area (Å²) < 4.78 is 0. The van der Waals surface area contributed by atoms with Crippen LogP contribution in [0.5, 0.6) is 0 Å². The van der Waals surface area contributed by atoms with Crippen molar-refractivity contribution in [1.29, 1.82) is 0 Å². The van der Waals surface area contributed by atoms with Gasteiger partial charge in [0, 0.05) is 29.4 Å². The summed E-state index contributed by atoms with van der Waals surface area (Å²) in [6.07, 6.45) is 4.88. The molecule has 0 aromatic carbocycles. The van der Waals surface area contributed by atoms with Crippen LogP contribution >= 0.6 is 11.8 Å². The molecule has 0 aliphatic rings. The molecule has 0 aliphatic carbocycles. The molecule has 1 N–H and O–H groups in total. The normalized spacial score (nSPS) is 10.7. The molecule has 0 unspecified atom stereocenters. The fraction of sp³-hybridized carbons (Fsp3) is 0.231. The van der Waals surface area contributed by atoms with Gasteiger partial charge in [-0.2, -0.15) is 0 Å². The Morgan fingerprint density at radius 2 is 2.00 bits per heavy atom. The van der Waals surface area contributed by atoms with Crippen molar-refractivity contribution in [2.24, 2.45) is 0 Å². The fourth-order valence-electron chi connectivity index (χ4n) is 1.42. The predicted molar refractivity (Wildman–Crippen MR) is 71.4 cm³/mol. The highest BCUT2D eigenvalue weighted by atomic mass is 32.2. The van der Waals surface area contributed by atoms with Gasteiger partial charge >= 0.3 is 5.97 Å². The van der Waals surface area contributed by atoms with E-state index >= 15 is 0 Å². The molecule has 98 valence electrons. The molecule has 0 bridgehead atoms. The Morgan fingerprint density at radius 1 is 1.32 bits per heavy atom. The zero-order valence-corrected chi connectivity index (χ0v) is 11.4. The van der Waals surface area contributed by atoms with E-state index in [1.54, 1.807) is 18.6 Å². The first kappa shape index (κ1) is 13.5. The quantitative estimate of drug-likeness (QED) is 0.924. The van der Waals surface area contributed by atoms with Gasteiger partial charge in [-0.1, -0.05) is 25.6 Å². The van der Waals surface area contributed by atoms with Gasteiger partial charge in [-0.15, -0.1) is 0 Å². The molecule has 2 aromatic heterocycles. The maximum absolute atomic E-state index is 11.3. The van der Waals surface area contributed by atoms with Crippen molar-refractivity contribution < 1.29 is 9.90 Å².